The summed E-state index contributed by atoms with van der Waals surface area (Å²) < 4.78 is 6.15. The average Bonchev–Trinajstić information content (AvgIpc) is 2.36. The van der Waals surface area contributed by atoms with Gasteiger partial charge in [0.25, 0.3) is 5.91 Å². The van der Waals surface area contributed by atoms with Crippen LogP contribution < -0.4 is 11.1 Å². The number of hydrogen-bond acceptors (Lipinski definition) is 3. The lowest BCUT2D eigenvalue weighted by Crippen LogP contribution is -2.27. The zero-order valence-corrected chi connectivity index (χ0v) is 12.1. The minimum absolute atomic E-state index is 0.131. The number of halogens is 1. The molecular formula is C13H19BrN2O2. The van der Waals surface area contributed by atoms with Crippen molar-refractivity contribution in [2.45, 2.75) is 19.8 Å². The summed E-state index contributed by atoms with van der Waals surface area (Å²) in [6.07, 6.45) is 2.17. The quantitative estimate of drug-likeness (QED) is 0.600. The lowest BCUT2D eigenvalue weighted by molar-refractivity contribution is 0.0913. The Kier molecular flexibility index (Phi) is 6.75. The number of nitrogens with two attached hydrogens (primary N) is 1. The topological polar surface area (TPSA) is 64.3 Å². The summed E-state index contributed by atoms with van der Waals surface area (Å²) in [7, 11) is 0. The lowest BCUT2D eigenvalue weighted by Gasteiger charge is -2.07. The van der Waals surface area contributed by atoms with Crippen molar-refractivity contribution in [3.63, 3.8) is 0 Å². The molecule has 0 unspecified atom stereocenters. The van der Waals surface area contributed by atoms with Crippen molar-refractivity contribution in [1.29, 1.82) is 0 Å². The highest BCUT2D eigenvalue weighted by Gasteiger charge is 2.06. The van der Waals surface area contributed by atoms with E-state index in [4.69, 9.17) is 10.5 Å². The van der Waals surface area contributed by atoms with Gasteiger partial charge in [-0.05, 0) is 40.5 Å². The maximum absolute atomic E-state index is 11.8. The van der Waals surface area contributed by atoms with Gasteiger partial charge in [0.2, 0.25) is 0 Å². The number of ether oxygens (including phenoxy) is 1. The van der Waals surface area contributed by atoms with E-state index in [0.717, 1.165) is 23.9 Å². The summed E-state index contributed by atoms with van der Waals surface area (Å²) in [6.45, 7) is 3.91. The molecule has 1 aromatic rings. The van der Waals surface area contributed by atoms with E-state index < -0.39 is 0 Å². The number of unbranched alkanes of at least 4 members (excludes halogenated alkanes) is 1. The van der Waals surface area contributed by atoms with Crippen LogP contribution in [0.5, 0.6) is 0 Å². The molecule has 0 aliphatic carbocycles. The number of amides is 1. The van der Waals surface area contributed by atoms with E-state index in [-0.39, 0.29) is 5.91 Å². The van der Waals surface area contributed by atoms with E-state index in [0.29, 0.717) is 24.4 Å². The molecule has 3 N–H and O–H groups in total. The van der Waals surface area contributed by atoms with Crippen LogP contribution in [0.15, 0.2) is 22.7 Å². The van der Waals surface area contributed by atoms with E-state index in [1.807, 2.05) is 0 Å². The third-order valence-electron chi connectivity index (χ3n) is 2.43. The molecule has 0 spiro atoms. The number of nitrogen functional groups attached to an aromatic ring is 1. The van der Waals surface area contributed by atoms with Gasteiger partial charge in [0.15, 0.2) is 0 Å². The first-order valence-electron chi connectivity index (χ1n) is 6.06. The number of carbonyl (C=O) groups excluding carboxylic acids is 1. The monoisotopic (exact) mass is 314 g/mol. The van der Waals surface area contributed by atoms with Gasteiger partial charge in [-0.2, -0.15) is 0 Å². The van der Waals surface area contributed by atoms with Crippen molar-refractivity contribution < 1.29 is 9.53 Å². The van der Waals surface area contributed by atoms with Gasteiger partial charge in [-0.15, -0.1) is 0 Å². The van der Waals surface area contributed by atoms with Gasteiger partial charge < -0.3 is 15.8 Å². The summed E-state index contributed by atoms with van der Waals surface area (Å²) in [5.41, 5.74) is 6.83. The molecule has 0 aromatic heterocycles. The fourth-order valence-corrected chi connectivity index (χ4v) is 1.62. The Labute approximate surface area is 116 Å². The number of anilines is 1. The summed E-state index contributed by atoms with van der Waals surface area (Å²) >= 11 is 3.29. The normalized spacial score (nSPS) is 10.3. The van der Waals surface area contributed by atoms with E-state index in [1.165, 1.54) is 0 Å². The third kappa shape index (κ3) is 5.06. The lowest BCUT2D eigenvalue weighted by atomic mass is 10.2. The SMILES string of the molecule is CCCCOCCNC(=O)c1ccc(Br)c(N)c1. The molecule has 0 heterocycles. The molecule has 0 radical (unpaired) electrons. The highest BCUT2D eigenvalue weighted by atomic mass is 79.9. The highest BCUT2D eigenvalue weighted by molar-refractivity contribution is 9.10. The molecule has 18 heavy (non-hydrogen) atoms. The second-order valence-corrected chi connectivity index (χ2v) is 4.81. The minimum atomic E-state index is -0.131. The van der Waals surface area contributed by atoms with Crippen LogP contribution in [0, 0.1) is 0 Å². The first-order chi connectivity index (χ1) is 8.65. The molecule has 0 fully saturated rings. The maximum Gasteiger partial charge on any atom is 0.251 e. The standard InChI is InChI=1S/C13H19BrN2O2/c1-2-3-7-18-8-6-16-13(17)10-4-5-11(14)12(15)9-10/h4-5,9H,2-3,6-8,15H2,1H3,(H,16,17). The molecule has 1 amide bonds. The van der Waals surface area contributed by atoms with Gasteiger partial charge in [0.05, 0.1) is 6.61 Å². The molecule has 100 valence electrons. The van der Waals surface area contributed by atoms with Crippen molar-refractivity contribution in [3.8, 4) is 0 Å². The largest absolute Gasteiger partial charge is 0.398 e. The number of rotatable bonds is 7. The van der Waals surface area contributed by atoms with Crippen LogP contribution in [-0.4, -0.2) is 25.7 Å². The van der Waals surface area contributed by atoms with E-state index >= 15 is 0 Å². The van der Waals surface area contributed by atoms with Crippen LogP contribution in [-0.2, 0) is 4.74 Å². The fraction of sp³-hybridized carbons (Fsp3) is 0.462. The Morgan fingerprint density at radius 2 is 2.22 bits per heavy atom. The van der Waals surface area contributed by atoms with E-state index in [2.05, 4.69) is 28.2 Å². The van der Waals surface area contributed by atoms with E-state index in [9.17, 15) is 4.79 Å². The summed E-state index contributed by atoms with van der Waals surface area (Å²) in [5.74, 6) is -0.131. The van der Waals surface area contributed by atoms with Crippen molar-refractivity contribution >= 4 is 27.5 Å². The second-order valence-electron chi connectivity index (χ2n) is 3.96. The molecule has 0 atom stereocenters. The summed E-state index contributed by atoms with van der Waals surface area (Å²) in [4.78, 5) is 11.8. The van der Waals surface area contributed by atoms with Crippen molar-refractivity contribution in [2.24, 2.45) is 0 Å². The Bertz CT molecular complexity index is 397. The third-order valence-corrected chi connectivity index (χ3v) is 3.15. The van der Waals surface area contributed by atoms with Gasteiger partial charge in [0, 0.05) is 28.9 Å². The molecule has 0 aliphatic heterocycles. The first kappa shape index (κ1) is 15.0. The van der Waals surface area contributed by atoms with Crippen LogP contribution in [0.4, 0.5) is 5.69 Å². The average molecular weight is 315 g/mol. The summed E-state index contributed by atoms with van der Waals surface area (Å²) in [6, 6.07) is 5.15. The molecule has 4 nitrogen and oxygen atoms in total. The Morgan fingerprint density at radius 3 is 2.89 bits per heavy atom. The van der Waals surface area contributed by atoms with Crippen LogP contribution >= 0.6 is 15.9 Å². The van der Waals surface area contributed by atoms with Gasteiger partial charge in [-0.3, -0.25) is 4.79 Å². The van der Waals surface area contributed by atoms with Gasteiger partial charge >= 0.3 is 0 Å². The second kappa shape index (κ2) is 8.11. The zero-order chi connectivity index (χ0) is 13.4. The zero-order valence-electron chi connectivity index (χ0n) is 10.5. The smallest absolute Gasteiger partial charge is 0.251 e. The maximum atomic E-state index is 11.8. The molecule has 0 saturated heterocycles. The van der Waals surface area contributed by atoms with Crippen molar-refractivity contribution in [2.75, 3.05) is 25.5 Å². The van der Waals surface area contributed by atoms with Crippen molar-refractivity contribution in [3.05, 3.63) is 28.2 Å². The fourth-order valence-electron chi connectivity index (χ4n) is 1.37. The molecule has 0 aliphatic rings. The first-order valence-corrected chi connectivity index (χ1v) is 6.85. The van der Waals surface area contributed by atoms with Gasteiger partial charge in [-0.1, -0.05) is 13.3 Å². The molecule has 5 heteroatoms. The van der Waals surface area contributed by atoms with Gasteiger partial charge in [0.1, 0.15) is 0 Å². The number of carbonyl (C=O) groups is 1. The van der Waals surface area contributed by atoms with Crippen LogP contribution in [0.2, 0.25) is 0 Å². The number of nitrogens with one attached hydrogen (secondary N) is 1. The molecular weight excluding hydrogens is 296 g/mol. The number of benzene rings is 1. The van der Waals surface area contributed by atoms with Crippen molar-refractivity contribution in [1.82, 2.24) is 5.32 Å². The molecule has 0 saturated carbocycles. The Hall–Kier alpha value is -1.07. The highest BCUT2D eigenvalue weighted by Crippen LogP contribution is 2.19. The Morgan fingerprint density at radius 1 is 1.44 bits per heavy atom. The minimum Gasteiger partial charge on any atom is -0.398 e. The van der Waals surface area contributed by atoms with E-state index in [1.54, 1.807) is 18.2 Å². The van der Waals surface area contributed by atoms with Crippen LogP contribution in [0.1, 0.15) is 30.1 Å². The van der Waals surface area contributed by atoms with Crippen LogP contribution in [0.25, 0.3) is 0 Å². The molecule has 1 rings (SSSR count). The van der Waals surface area contributed by atoms with Crippen LogP contribution in [0.3, 0.4) is 0 Å². The Balaban J connectivity index is 2.30. The summed E-state index contributed by atoms with van der Waals surface area (Å²) in [5, 5.41) is 2.79. The molecule has 1 aromatic carbocycles. The number of hydrogen-bond donors (Lipinski definition) is 2. The van der Waals surface area contributed by atoms with Gasteiger partial charge in [-0.25, -0.2) is 0 Å². The predicted molar refractivity (Wildman–Crippen MR) is 76.6 cm³/mol. The predicted octanol–water partition coefficient (Wildman–Crippen LogP) is 2.58. The molecule has 0 bridgehead atoms.